The number of carbonyl (C=O) groups is 1. The number of aliphatic hydroxyl groups excluding tert-OH is 1. The summed E-state index contributed by atoms with van der Waals surface area (Å²) in [5.74, 6) is 0.421. The number of ether oxygens (including phenoxy) is 1. The van der Waals surface area contributed by atoms with E-state index in [1.54, 1.807) is 18.0 Å². The molecule has 0 saturated carbocycles. The fourth-order valence-electron chi connectivity index (χ4n) is 2.60. The predicted octanol–water partition coefficient (Wildman–Crippen LogP) is 3.39. The van der Waals surface area contributed by atoms with Crippen molar-refractivity contribution in [2.24, 2.45) is 0 Å². The number of nitrogens with zero attached hydrogens (tertiary/aromatic N) is 1. The smallest absolute Gasteiger partial charge is 0.410 e. The first-order valence-corrected chi connectivity index (χ1v) is 7.61. The molecule has 1 aliphatic carbocycles. The number of amides is 1. The van der Waals surface area contributed by atoms with Gasteiger partial charge in [-0.3, -0.25) is 0 Å². The molecule has 0 bridgehead atoms. The van der Waals surface area contributed by atoms with Gasteiger partial charge in [0.05, 0.1) is 0 Å². The number of hydrogen-bond acceptors (Lipinski definition) is 3. The Labute approximate surface area is 135 Å². The van der Waals surface area contributed by atoms with Gasteiger partial charge in [0.25, 0.3) is 0 Å². The van der Waals surface area contributed by atoms with Crippen LogP contribution in [-0.4, -0.2) is 29.7 Å². The van der Waals surface area contributed by atoms with E-state index in [-0.39, 0.29) is 0 Å². The first kappa shape index (κ1) is 15.3. The minimum Gasteiger partial charge on any atom is -0.410 e. The van der Waals surface area contributed by atoms with Crippen LogP contribution in [0.1, 0.15) is 22.8 Å². The molecule has 0 radical (unpaired) electrons. The average Bonchev–Trinajstić information content (AvgIpc) is 2.90. The lowest BCUT2D eigenvalue weighted by molar-refractivity contribution is 0.154. The monoisotopic (exact) mass is 309 g/mol. The Morgan fingerprint density at radius 2 is 1.83 bits per heavy atom. The number of fused-ring (bicyclic) bond motifs is 1. The van der Waals surface area contributed by atoms with E-state index in [0.29, 0.717) is 12.3 Å². The number of benzene rings is 2. The highest BCUT2D eigenvalue weighted by Gasteiger charge is 2.25. The number of aliphatic hydroxyl groups is 1. The minimum atomic E-state index is -0.719. The molecule has 0 unspecified atom stereocenters. The summed E-state index contributed by atoms with van der Waals surface area (Å²) in [5.41, 5.74) is 2.71. The maximum atomic E-state index is 12.2. The molecule has 23 heavy (non-hydrogen) atoms. The molecule has 4 nitrogen and oxygen atoms in total. The van der Waals surface area contributed by atoms with Gasteiger partial charge >= 0.3 is 6.09 Å². The number of likely N-dealkylation sites (N-methyl/N-ethyl adjacent to an activating group) is 1. The summed E-state index contributed by atoms with van der Waals surface area (Å²) in [6, 6.07) is 17.4. The highest BCUT2D eigenvalue weighted by molar-refractivity contribution is 5.80. The normalized spacial score (nSPS) is 15.7. The van der Waals surface area contributed by atoms with Crippen molar-refractivity contribution in [3.8, 4) is 0 Å². The zero-order valence-electron chi connectivity index (χ0n) is 13.0. The van der Waals surface area contributed by atoms with Gasteiger partial charge in [-0.25, -0.2) is 4.79 Å². The van der Waals surface area contributed by atoms with E-state index in [9.17, 15) is 9.90 Å². The van der Waals surface area contributed by atoms with Crippen LogP contribution in [0.2, 0.25) is 0 Å². The Bertz CT molecular complexity index is 724. The van der Waals surface area contributed by atoms with Crippen molar-refractivity contribution in [3.05, 3.63) is 77.4 Å². The van der Waals surface area contributed by atoms with Gasteiger partial charge in [-0.1, -0.05) is 54.6 Å². The van der Waals surface area contributed by atoms with Gasteiger partial charge in [-0.2, -0.15) is 0 Å². The Kier molecular flexibility index (Phi) is 4.44. The third-order valence-electron chi connectivity index (χ3n) is 3.94. The van der Waals surface area contributed by atoms with Crippen molar-refractivity contribution in [2.45, 2.75) is 12.5 Å². The molecule has 1 aliphatic rings. The molecule has 4 heteroatoms. The average molecular weight is 309 g/mol. The van der Waals surface area contributed by atoms with Crippen molar-refractivity contribution < 1.29 is 14.6 Å². The lowest BCUT2D eigenvalue weighted by Crippen LogP contribution is -2.29. The van der Waals surface area contributed by atoms with Gasteiger partial charge < -0.3 is 14.7 Å². The van der Waals surface area contributed by atoms with Crippen molar-refractivity contribution in [3.63, 3.8) is 0 Å². The van der Waals surface area contributed by atoms with Crippen LogP contribution in [0.4, 0.5) is 4.79 Å². The fourth-order valence-corrected chi connectivity index (χ4v) is 2.60. The largest absolute Gasteiger partial charge is 0.414 e. The Morgan fingerprint density at radius 3 is 2.61 bits per heavy atom. The molecular formula is C19H19NO3. The van der Waals surface area contributed by atoms with E-state index in [4.69, 9.17) is 4.74 Å². The standard InChI is InChI=1S/C19H19NO3/c1-20(12-11-14-7-3-2-4-8-14)19(22)23-18-13-17(21)15-9-5-6-10-16(15)18/h2-10,13,17,21H,11-12H2,1H3/t17-/m0/s1. The van der Waals surface area contributed by atoms with Crippen LogP contribution in [-0.2, 0) is 11.2 Å². The second-order valence-electron chi connectivity index (χ2n) is 5.59. The lowest BCUT2D eigenvalue weighted by atomic mass is 10.1. The Balaban J connectivity index is 1.60. The van der Waals surface area contributed by atoms with E-state index in [2.05, 4.69) is 0 Å². The third kappa shape index (κ3) is 3.43. The van der Waals surface area contributed by atoms with Crippen LogP contribution in [0, 0.1) is 0 Å². The van der Waals surface area contributed by atoms with Crippen LogP contribution in [0.3, 0.4) is 0 Å². The van der Waals surface area contributed by atoms with Crippen LogP contribution >= 0.6 is 0 Å². The van der Waals surface area contributed by atoms with Gasteiger partial charge in [0.2, 0.25) is 0 Å². The molecule has 0 aromatic heterocycles. The highest BCUT2D eigenvalue weighted by Crippen LogP contribution is 2.34. The molecule has 3 rings (SSSR count). The summed E-state index contributed by atoms with van der Waals surface area (Å²) in [6.07, 6.45) is 1.19. The molecule has 2 aromatic rings. The minimum absolute atomic E-state index is 0.420. The molecule has 0 spiro atoms. The Morgan fingerprint density at radius 1 is 1.13 bits per heavy atom. The quantitative estimate of drug-likeness (QED) is 0.942. The number of carbonyl (C=O) groups excluding carboxylic acids is 1. The van der Waals surface area contributed by atoms with Gasteiger partial charge in [-0.05, 0) is 23.6 Å². The first-order valence-electron chi connectivity index (χ1n) is 7.61. The van der Waals surface area contributed by atoms with Crippen LogP contribution in [0.5, 0.6) is 0 Å². The van der Waals surface area contributed by atoms with E-state index in [1.165, 1.54) is 5.56 Å². The van der Waals surface area contributed by atoms with E-state index in [1.807, 2.05) is 54.6 Å². The predicted molar refractivity (Wildman–Crippen MR) is 88.6 cm³/mol. The van der Waals surface area contributed by atoms with E-state index >= 15 is 0 Å². The summed E-state index contributed by atoms with van der Waals surface area (Å²) in [6.45, 7) is 0.570. The highest BCUT2D eigenvalue weighted by atomic mass is 16.6. The van der Waals surface area contributed by atoms with Crippen molar-refractivity contribution in [1.82, 2.24) is 4.90 Å². The Hall–Kier alpha value is -2.59. The molecule has 118 valence electrons. The number of rotatable bonds is 4. The topological polar surface area (TPSA) is 49.8 Å². The maximum Gasteiger partial charge on any atom is 0.414 e. The SMILES string of the molecule is CN(CCc1ccccc1)C(=O)OC1=C[C@H](O)c2ccccc21. The van der Waals surface area contributed by atoms with Gasteiger partial charge in [0.15, 0.2) is 0 Å². The molecule has 0 aliphatic heterocycles. The molecule has 0 fully saturated rings. The van der Waals surface area contributed by atoms with Crippen LogP contribution in [0.25, 0.3) is 5.76 Å². The first-order chi connectivity index (χ1) is 11.1. The van der Waals surface area contributed by atoms with Gasteiger partial charge in [-0.15, -0.1) is 0 Å². The second kappa shape index (κ2) is 6.67. The number of hydrogen-bond donors (Lipinski definition) is 1. The zero-order chi connectivity index (χ0) is 16.2. The molecule has 1 N–H and O–H groups in total. The molecule has 1 amide bonds. The molecule has 1 atom stereocenters. The molecular weight excluding hydrogens is 290 g/mol. The van der Waals surface area contributed by atoms with Crippen LogP contribution in [0.15, 0.2) is 60.7 Å². The molecule has 0 saturated heterocycles. The third-order valence-corrected chi connectivity index (χ3v) is 3.94. The summed E-state index contributed by atoms with van der Waals surface area (Å²) in [4.78, 5) is 13.8. The van der Waals surface area contributed by atoms with Crippen molar-refractivity contribution >= 4 is 11.9 Å². The summed E-state index contributed by atoms with van der Waals surface area (Å²) in [5, 5.41) is 9.97. The van der Waals surface area contributed by atoms with E-state index < -0.39 is 12.2 Å². The lowest BCUT2D eigenvalue weighted by Gasteiger charge is -2.17. The second-order valence-corrected chi connectivity index (χ2v) is 5.59. The summed E-state index contributed by atoms with van der Waals surface area (Å²) in [7, 11) is 1.71. The van der Waals surface area contributed by atoms with Gasteiger partial charge in [0.1, 0.15) is 11.9 Å². The van der Waals surface area contributed by atoms with Crippen molar-refractivity contribution in [1.29, 1.82) is 0 Å². The molecule has 2 aromatic carbocycles. The van der Waals surface area contributed by atoms with Crippen molar-refractivity contribution in [2.75, 3.05) is 13.6 Å². The fraction of sp³-hybridized carbons (Fsp3) is 0.211. The van der Waals surface area contributed by atoms with Gasteiger partial charge in [0, 0.05) is 19.2 Å². The van der Waals surface area contributed by atoms with E-state index in [0.717, 1.165) is 17.5 Å². The summed E-state index contributed by atoms with van der Waals surface area (Å²) < 4.78 is 5.45. The summed E-state index contributed by atoms with van der Waals surface area (Å²) >= 11 is 0. The molecule has 0 heterocycles. The van der Waals surface area contributed by atoms with Crippen LogP contribution < -0.4 is 0 Å². The maximum absolute atomic E-state index is 12.2. The zero-order valence-corrected chi connectivity index (χ0v) is 13.0.